The summed E-state index contributed by atoms with van der Waals surface area (Å²) in [6.07, 6.45) is 2.60. The normalized spacial score (nSPS) is 30.3. The van der Waals surface area contributed by atoms with Gasteiger partial charge in [0.25, 0.3) is 0 Å². The van der Waals surface area contributed by atoms with Gasteiger partial charge >= 0.3 is 0 Å². The molecular weight excluding hydrogens is 206 g/mol. The molecular formula is C8H14BrNO. The van der Waals surface area contributed by atoms with Gasteiger partial charge in [-0.25, -0.2) is 0 Å². The number of hydrogen-bond donors (Lipinski definition) is 0. The Balaban J connectivity index is 1.77. The van der Waals surface area contributed by atoms with Crippen molar-refractivity contribution < 1.29 is 4.74 Å². The van der Waals surface area contributed by atoms with Gasteiger partial charge in [-0.2, -0.15) is 0 Å². The third-order valence-corrected chi connectivity index (χ3v) is 3.51. The van der Waals surface area contributed by atoms with Crippen LogP contribution in [0.25, 0.3) is 0 Å². The van der Waals surface area contributed by atoms with E-state index in [1.165, 1.54) is 25.9 Å². The van der Waals surface area contributed by atoms with Crippen LogP contribution >= 0.6 is 15.9 Å². The molecule has 2 saturated heterocycles. The molecule has 0 N–H and O–H groups in total. The van der Waals surface area contributed by atoms with Gasteiger partial charge in [-0.05, 0) is 25.9 Å². The smallest absolute Gasteiger partial charge is 0.0645 e. The van der Waals surface area contributed by atoms with E-state index in [1.54, 1.807) is 0 Å². The van der Waals surface area contributed by atoms with Gasteiger partial charge in [0.05, 0.1) is 19.3 Å². The Labute approximate surface area is 76.0 Å². The standard InChI is InChI=1S/C8H14BrNO/c9-7-1-3-10(4-2-7)8-5-11-6-8/h7-8H,1-6H2. The molecule has 0 bridgehead atoms. The van der Waals surface area contributed by atoms with Crippen LogP contribution in [0, 0.1) is 0 Å². The lowest BCUT2D eigenvalue weighted by Crippen LogP contribution is -2.51. The van der Waals surface area contributed by atoms with E-state index in [0.29, 0.717) is 0 Å². The minimum absolute atomic E-state index is 0.745. The van der Waals surface area contributed by atoms with Crippen LogP contribution in [0.5, 0.6) is 0 Å². The van der Waals surface area contributed by atoms with Gasteiger partial charge in [0.15, 0.2) is 0 Å². The second kappa shape index (κ2) is 3.42. The molecule has 0 aromatic rings. The number of nitrogens with zero attached hydrogens (tertiary/aromatic N) is 1. The third-order valence-electron chi connectivity index (χ3n) is 2.60. The summed E-state index contributed by atoms with van der Waals surface area (Å²) in [5.41, 5.74) is 0. The quantitative estimate of drug-likeness (QED) is 0.616. The van der Waals surface area contributed by atoms with Crippen LogP contribution in [0.15, 0.2) is 0 Å². The summed E-state index contributed by atoms with van der Waals surface area (Å²) in [6.45, 7) is 4.44. The molecule has 0 saturated carbocycles. The number of rotatable bonds is 1. The molecule has 2 heterocycles. The molecule has 3 heteroatoms. The lowest BCUT2D eigenvalue weighted by Gasteiger charge is -2.40. The maximum absolute atomic E-state index is 5.16. The topological polar surface area (TPSA) is 12.5 Å². The molecule has 2 aliphatic rings. The second-order valence-electron chi connectivity index (χ2n) is 3.40. The first-order chi connectivity index (χ1) is 5.36. The zero-order chi connectivity index (χ0) is 7.68. The highest BCUT2D eigenvalue weighted by atomic mass is 79.9. The molecule has 0 spiro atoms. The minimum atomic E-state index is 0.745. The summed E-state index contributed by atoms with van der Waals surface area (Å²) >= 11 is 3.65. The molecule has 2 fully saturated rings. The van der Waals surface area contributed by atoms with E-state index in [-0.39, 0.29) is 0 Å². The fourth-order valence-electron chi connectivity index (χ4n) is 1.67. The van der Waals surface area contributed by atoms with Crippen LogP contribution in [0.4, 0.5) is 0 Å². The highest BCUT2D eigenvalue weighted by Crippen LogP contribution is 2.21. The van der Waals surface area contributed by atoms with Gasteiger partial charge in [0.2, 0.25) is 0 Å². The van der Waals surface area contributed by atoms with Crippen molar-refractivity contribution in [2.45, 2.75) is 23.7 Å². The fourth-order valence-corrected chi connectivity index (χ4v) is 2.08. The molecule has 0 aromatic heterocycles. The van der Waals surface area contributed by atoms with E-state index in [1.807, 2.05) is 0 Å². The van der Waals surface area contributed by atoms with E-state index < -0.39 is 0 Å². The van der Waals surface area contributed by atoms with Crippen molar-refractivity contribution in [1.29, 1.82) is 0 Å². The third kappa shape index (κ3) is 1.76. The Morgan fingerprint density at radius 3 is 2.27 bits per heavy atom. The summed E-state index contributed by atoms with van der Waals surface area (Å²) in [4.78, 5) is 3.32. The highest BCUT2D eigenvalue weighted by molar-refractivity contribution is 9.09. The number of halogens is 1. The molecule has 0 amide bonds. The minimum Gasteiger partial charge on any atom is -0.378 e. The number of piperidine rings is 1. The van der Waals surface area contributed by atoms with E-state index >= 15 is 0 Å². The first-order valence-electron chi connectivity index (χ1n) is 4.32. The van der Waals surface area contributed by atoms with Crippen LogP contribution < -0.4 is 0 Å². The molecule has 11 heavy (non-hydrogen) atoms. The average molecular weight is 220 g/mol. The molecule has 0 aromatic carbocycles. The largest absolute Gasteiger partial charge is 0.378 e. The summed E-state index contributed by atoms with van der Waals surface area (Å²) in [7, 11) is 0. The Morgan fingerprint density at radius 1 is 1.18 bits per heavy atom. The second-order valence-corrected chi connectivity index (χ2v) is 4.70. The molecule has 2 aliphatic heterocycles. The van der Waals surface area contributed by atoms with Crippen molar-refractivity contribution >= 4 is 15.9 Å². The van der Waals surface area contributed by atoms with Crippen molar-refractivity contribution in [2.75, 3.05) is 26.3 Å². The van der Waals surface area contributed by atoms with E-state index in [4.69, 9.17) is 4.74 Å². The van der Waals surface area contributed by atoms with Crippen LogP contribution in [0.1, 0.15) is 12.8 Å². The number of alkyl halides is 1. The molecule has 0 unspecified atom stereocenters. The maximum Gasteiger partial charge on any atom is 0.0645 e. The summed E-state index contributed by atoms with van der Waals surface area (Å²) in [5.74, 6) is 0. The van der Waals surface area contributed by atoms with Crippen LogP contribution in [0.3, 0.4) is 0 Å². The van der Waals surface area contributed by atoms with Crippen molar-refractivity contribution in [3.8, 4) is 0 Å². The lowest BCUT2D eigenvalue weighted by atomic mass is 10.1. The lowest BCUT2D eigenvalue weighted by molar-refractivity contribution is -0.0692. The summed E-state index contributed by atoms with van der Waals surface area (Å²) in [6, 6.07) is 0.745. The zero-order valence-corrected chi connectivity index (χ0v) is 8.22. The SMILES string of the molecule is BrC1CCN(C2COC2)CC1. The van der Waals surface area contributed by atoms with Crippen LogP contribution in [0.2, 0.25) is 0 Å². The van der Waals surface area contributed by atoms with Crippen molar-refractivity contribution in [3.63, 3.8) is 0 Å². The number of likely N-dealkylation sites (tertiary alicyclic amines) is 1. The van der Waals surface area contributed by atoms with Gasteiger partial charge in [0.1, 0.15) is 0 Å². The van der Waals surface area contributed by atoms with Crippen LogP contribution in [-0.2, 0) is 4.74 Å². The molecule has 0 aliphatic carbocycles. The Hall–Kier alpha value is 0.400. The molecule has 64 valence electrons. The predicted octanol–water partition coefficient (Wildman–Crippen LogP) is 1.24. The molecule has 2 rings (SSSR count). The Kier molecular flexibility index (Phi) is 2.49. The summed E-state index contributed by atoms with van der Waals surface area (Å²) in [5, 5.41) is 0. The van der Waals surface area contributed by atoms with E-state index in [0.717, 1.165) is 24.1 Å². The number of ether oxygens (including phenoxy) is 1. The number of hydrogen-bond acceptors (Lipinski definition) is 2. The van der Waals surface area contributed by atoms with Crippen molar-refractivity contribution in [3.05, 3.63) is 0 Å². The van der Waals surface area contributed by atoms with Gasteiger partial charge in [-0.3, -0.25) is 4.90 Å². The van der Waals surface area contributed by atoms with Crippen LogP contribution in [-0.4, -0.2) is 42.1 Å². The summed E-state index contributed by atoms with van der Waals surface area (Å²) < 4.78 is 5.16. The first kappa shape index (κ1) is 8.02. The van der Waals surface area contributed by atoms with Gasteiger partial charge in [-0.15, -0.1) is 0 Å². The Morgan fingerprint density at radius 2 is 1.82 bits per heavy atom. The van der Waals surface area contributed by atoms with Crippen molar-refractivity contribution in [2.24, 2.45) is 0 Å². The zero-order valence-electron chi connectivity index (χ0n) is 6.63. The Bertz CT molecular complexity index is 130. The average Bonchev–Trinajstić information content (AvgIpc) is 1.90. The van der Waals surface area contributed by atoms with E-state index in [2.05, 4.69) is 20.8 Å². The maximum atomic E-state index is 5.16. The molecule has 0 atom stereocenters. The highest BCUT2D eigenvalue weighted by Gasteiger charge is 2.28. The van der Waals surface area contributed by atoms with E-state index in [9.17, 15) is 0 Å². The van der Waals surface area contributed by atoms with Gasteiger partial charge < -0.3 is 4.74 Å². The predicted molar refractivity (Wildman–Crippen MR) is 48.1 cm³/mol. The van der Waals surface area contributed by atoms with Gasteiger partial charge in [0, 0.05) is 4.83 Å². The monoisotopic (exact) mass is 219 g/mol. The van der Waals surface area contributed by atoms with Crippen molar-refractivity contribution in [1.82, 2.24) is 4.90 Å². The molecule has 2 nitrogen and oxygen atoms in total. The molecule has 0 radical (unpaired) electrons. The fraction of sp³-hybridized carbons (Fsp3) is 1.00. The van der Waals surface area contributed by atoms with Gasteiger partial charge in [-0.1, -0.05) is 15.9 Å². The first-order valence-corrected chi connectivity index (χ1v) is 5.23.